The van der Waals surface area contributed by atoms with E-state index in [0.29, 0.717) is 13.1 Å². The van der Waals surface area contributed by atoms with E-state index in [4.69, 9.17) is 5.73 Å². The van der Waals surface area contributed by atoms with Gasteiger partial charge in [-0.15, -0.1) is 0 Å². The zero-order valence-corrected chi connectivity index (χ0v) is 10.8. The Morgan fingerprint density at radius 2 is 2.17 bits per heavy atom. The highest BCUT2D eigenvalue weighted by Gasteiger charge is 2.16. The minimum Gasteiger partial charge on any atom is -0.358 e. The largest absolute Gasteiger partial charge is 0.358 e. The van der Waals surface area contributed by atoms with Gasteiger partial charge in [-0.05, 0) is 38.4 Å². The van der Waals surface area contributed by atoms with Gasteiger partial charge >= 0.3 is 0 Å². The highest BCUT2D eigenvalue weighted by atomic mass is 16.1. The molecule has 0 spiro atoms. The summed E-state index contributed by atoms with van der Waals surface area (Å²) in [5.74, 6) is -0.0264. The lowest BCUT2D eigenvalue weighted by molar-refractivity contribution is 0.0954. The molecule has 0 saturated carbocycles. The molecule has 0 aliphatic carbocycles. The van der Waals surface area contributed by atoms with E-state index in [9.17, 15) is 4.79 Å². The average Bonchev–Trinajstić information content (AvgIpc) is 2.67. The van der Waals surface area contributed by atoms with Gasteiger partial charge in [0.15, 0.2) is 0 Å². The number of fused-ring (bicyclic) bond motifs is 1. The number of hydrogen-bond donors (Lipinski definition) is 3. The third-order valence-corrected chi connectivity index (χ3v) is 3.11. The van der Waals surface area contributed by atoms with Crippen molar-refractivity contribution < 1.29 is 4.79 Å². The van der Waals surface area contributed by atoms with Gasteiger partial charge < -0.3 is 16.0 Å². The summed E-state index contributed by atoms with van der Waals surface area (Å²) in [7, 11) is 0. The fraction of sp³-hybridized carbons (Fsp3) is 0.357. The second kappa shape index (κ2) is 5.23. The molecule has 4 nitrogen and oxygen atoms in total. The van der Waals surface area contributed by atoms with Crippen LogP contribution in [-0.2, 0) is 0 Å². The minimum absolute atomic E-state index is 0.0264. The summed E-state index contributed by atoms with van der Waals surface area (Å²) >= 11 is 0. The van der Waals surface area contributed by atoms with Crippen LogP contribution in [0.2, 0.25) is 0 Å². The lowest BCUT2D eigenvalue weighted by Crippen LogP contribution is -2.26. The zero-order chi connectivity index (χ0) is 13.1. The summed E-state index contributed by atoms with van der Waals surface area (Å²) < 4.78 is 0. The number of benzene rings is 1. The summed E-state index contributed by atoms with van der Waals surface area (Å²) in [4.78, 5) is 15.4. The molecule has 0 bridgehead atoms. The maximum Gasteiger partial charge on any atom is 0.253 e. The molecule has 1 amide bonds. The standard InChI is InChI=1S/C14H19N3O/c1-9-5-3-6-11-12(9)13(10(2)17-11)14(18)16-8-4-7-15/h3,5-6,17H,4,7-8,15H2,1-2H3,(H,16,18). The van der Waals surface area contributed by atoms with Gasteiger partial charge in [-0.1, -0.05) is 12.1 Å². The van der Waals surface area contributed by atoms with E-state index in [1.165, 1.54) is 0 Å². The molecule has 96 valence electrons. The molecule has 2 aromatic rings. The Morgan fingerprint density at radius 1 is 1.39 bits per heavy atom. The summed E-state index contributed by atoms with van der Waals surface area (Å²) in [6.07, 6.45) is 0.798. The third kappa shape index (κ3) is 2.24. The molecule has 1 aromatic heterocycles. The van der Waals surface area contributed by atoms with Crippen LogP contribution in [0.4, 0.5) is 0 Å². The first-order valence-electron chi connectivity index (χ1n) is 6.21. The van der Waals surface area contributed by atoms with Gasteiger partial charge in [-0.25, -0.2) is 0 Å². The fourth-order valence-electron chi connectivity index (χ4n) is 2.23. The number of hydrogen-bond acceptors (Lipinski definition) is 2. The minimum atomic E-state index is -0.0264. The molecule has 0 aliphatic rings. The molecule has 1 heterocycles. The van der Waals surface area contributed by atoms with Crippen molar-refractivity contribution in [3.63, 3.8) is 0 Å². The number of aromatic nitrogens is 1. The number of amides is 1. The number of aryl methyl sites for hydroxylation is 2. The molecule has 4 heteroatoms. The first kappa shape index (κ1) is 12.6. The molecular formula is C14H19N3O. The van der Waals surface area contributed by atoms with E-state index in [0.717, 1.165) is 34.1 Å². The molecule has 0 radical (unpaired) electrons. The number of carbonyl (C=O) groups is 1. The van der Waals surface area contributed by atoms with Gasteiger partial charge in [0, 0.05) is 23.1 Å². The van der Waals surface area contributed by atoms with Crippen LogP contribution >= 0.6 is 0 Å². The number of nitrogens with one attached hydrogen (secondary N) is 2. The lowest BCUT2D eigenvalue weighted by atomic mass is 10.1. The van der Waals surface area contributed by atoms with Crippen molar-refractivity contribution in [3.8, 4) is 0 Å². The normalized spacial score (nSPS) is 10.8. The summed E-state index contributed by atoms with van der Waals surface area (Å²) in [6.45, 7) is 5.16. The van der Waals surface area contributed by atoms with Gasteiger partial charge in [0.2, 0.25) is 0 Å². The van der Waals surface area contributed by atoms with Crippen LogP contribution in [-0.4, -0.2) is 24.0 Å². The number of aromatic amines is 1. The van der Waals surface area contributed by atoms with Crippen LogP contribution in [0, 0.1) is 13.8 Å². The first-order chi connectivity index (χ1) is 8.65. The van der Waals surface area contributed by atoms with Crippen molar-refractivity contribution in [1.82, 2.24) is 10.3 Å². The molecule has 0 saturated heterocycles. The molecule has 0 fully saturated rings. The van der Waals surface area contributed by atoms with E-state index < -0.39 is 0 Å². The Balaban J connectivity index is 2.37. The topological polar surface area (TPSA) is 70.9 Å². The molecule has 1 aromatic carbocycles. The molecule has 0 aliphatic heterocycles. The van der Waals surface area contributed by atoms with Gasteiger partial charge in [-0.3, -0.25) is 4.79 Å². The van der Waals surface area contributed by atoms with Crippen molar-refractivity contribution in [1.29, 1.82) is 0 Å². The highest BCUT2D eigenvalue weighted by Crippen LogP contribution is 2.25. The Bertz CT molecular complexity index is 572. The Hall–Kier alpha value is -1.81. The van der Waals surface area contributed by atoms with Gasteiger partial charge in [0.1, 0.15) is 0 Å². The first-order valence-corrected chi connectivity index (χ1v) is 6.21. The quantitative estimate of drug-likeness (QED) is 0.719. The van der Waals surface area contributed by atoms with Crippen molar-refractivity contribution in [3.05, 3.63) is 35.0 Å². The molecule has 18 heavy (non-hydrogen) atoms. The predicted molar refractivity (Wildman–Crippen MR) is 73.8 cm³/mol. The number of rotatable bonds is 4. The molecule has 4 N–H and O–H groups in total. The van der Waals surface area contributed by atoms with Crippen LogP contribution < -0.4 is 11.1 Å². The molecule has 0 unspecified atom stereocenters. The van der Waals surface area contributed by atoms with Crippen molar-refractivity contribution in [2.24, 2.45) is 5.73 Å². The van der Waals surface area contributed by atoms with Gasteiger partial charge in [0.25, 0.3) is 5.91 Å². The van der Waals surface area contributed by atoms with Gasteiger partial charge in [-0.2, -0.15) is 0 Å². The highest BCUT2D eigenvalue weighted by molar-refractivity contribution is 6.09. The molecular weight excluding hydrogens is 226 g/mol. The fourth-order valence-corrected chi connectivity index (χ4v) is 2.23. The van der Waals surface area contributed by atoms with Crippen LogP contribution in [0.15, 0.2) is 18.2 Å². The second-order valence-electron chi connectivity index (χ2n) is 4.52. The molecule has 2 rings (SSSR count). The second-order valence-corrected chi connectivity index (χ2v) is 4.52. The van der Waals surface area contributed by atoms with E-state index in [1.807, 2.05) is 32.0 Å². The Morgan fingerprint density at radius 3 is 2.89 bits per heavy atom. The van der Waals surface area contributed by atoms with Crippen LogP contribution in [0.1, 0.15) is 28.0 Å². The number of nitrogens with two attached hydrogens (primary N) is 1. The van der Waals surface area contributed by atoms with Crippen molar-refractivity contribution >= 4 is 16.8 Å². The summed E-state index contributed by atoms with van der Waals surface area (Å²) in [6, 6.07) is 6.00. The van der Waals surface area contributed by atoms with Crippen molar-refractivity contribution in [2.45, 2.75) is 20.3 Å². The SMILES string of the molecule is Cc1[nH]c2cccc(C)c2c1C(=O)NCCCN. The zero-order valence-electron chi connectivity index (χ0n) is 10.8. The van der Waals surface area contributed by atoms with E-state index in [2.05, 4.69) is 10.3 Å². The van der Waals surface area contributed by atoms with Crippen molar-refractivity contribution in [2.75, 3.05) is 13.1 Å². The van der Waals surface area contributed by atoms with Gasteiger partial charge in [0.05, 0.1) is 5.56 Å². The van der Waals surface area contributed by atoms with E-state index in [1.54, 1.807) is 0 Å². The smallest absolute Gasteiger partial charge is 0.253 e. The maximum absolute atomic E-state index is 12.2. The van der Waals surface area contributed by atoms with Crippen LogP contribution in [0.5, 0.6) is 0 Å². The monoisotopic (exact) mass is 245 g/mol. The summed E-state index contributed by atoms with van der Waals surface area (Å²) in [5, 5.41) is 3.92. The summed E-state index contributed by atoms with van der Waals surface area (Å²) in [5.41, 5.74) is 9.20. The Kier molecular flexibility index (Phi) is 3.67. The van der Waals surface area contributed by atoms with E-state index >= 15 is 0 Å². The van der Waals surface area contributed by atoms with E-state index in [-0.39, 0.29) is 5.91 Å². The van der Waals surface area contributed by atoms with Crippen LogP contribution in [0.3, 0.4) is 0 Å². The maximum atomic E-state index is 12.2. The number of H-pyrrole nitrogens is 1. The predicted octanol–water partition coefficient (Wildman–Crippen LogP) is 1.86. The number of carbonyl (C=O) groups excluding carboxylic acids is 1. The molecule has 0 atom stereocenters. The Labute approximate surface area is 107 Å². The van der Waals surface area contributed by atoms with Crippen LogP contribution in [0.25, 0.3) is 10.9 Å². The average molecular weight is 245 g/mol. The lowest BCUT2D eigenvalue weighted by Gasteiger charge is -2.05. The third-order valence-electron chi connectivity index (χ3n) is 3.11.